The minimum atomic E-state index is -0.925. The van der Waals surface area contributed by atoms with Gasteiger partial charge in [0.25, 0.3) is 0 Å². The van der Waals surface area contributed by atoms with Gasteiger partial charge in [0.05, 0.1) is 21.3 Å². The number of carboxylic acids is 1. The fourth-order valence-corrected chi connectivity index (χ4v) is 1.76. The normalized spacial score (nSPS) is 8.86. The highest BCUT2D eigenvalue weighted by molar-refractivity contribution is 7.16. The van der Waals surface area contributed by atoms with E-state index in [0.717, 1.165) is 4.70 Å². The lowest BCUT2D eigenvalue weighted by Gasteiger charge is -1.93. The van der Waals surface area contributed by atoms with E-state index < -0.39 is 5.97 Å². The molecule has 0 spiro atoms. The molecule has 3 nitrogen and oxygen atoms in total. The van der Waals surface area contributed by atoms with Gasteiger partial charge in [0.1, 0.15) is 0 Å². The average molecular weight is 252 g/mol. The van der Waals surface area contributed by atoms with Crippen LogP contribution in [-0.2, 0) is 0 Å². The van der Waals surface area contributed by atoms with Crippen LogP contribution in [0.25, 0.3) is 10.2 Å². The van der Waals surface area contributed by atoms with Gasteiger partial charge < -0.3 is 5.11 Å². The number of fused-ring (bicyclic) bond motifs is 1. The Morgan fingerprint density at radius 1 is 1.36 bits per heavy atom. The van der Waals surface area contributed by atoms with Crippen LogP contribution >= 0.6 is 36.2 Å². The summed E-state index contributed by atoms with van der Waals surface area (Å²) in [7, 11) is 0. The first kappa shape index (κ1) is 13.2. The predicted molar refractivity (Wildman–Crippen MR) is 61.1 cm³/mol. The summed E-state index contributed by atoms with van der Waals surface area (Å²) in [5.74, 6) is -0.925. The zero-order valence-corrected chi connectivity index (χ0v) is 9.29. The molecule has 0 aliphatic carbocycles. The SMILES string of the molecule is Cl.Cl.O=C(O)c1cccc2scnc12. The molecular formula is C8H7Cl2NO2S. The standard InChI is InChI=1S/C8H5NO2S.2ClH/c10-8(11)5-2-1-3-6-7(5)9-4-12-6;;/h1-4H,(H,10,11);2*1H. The third-order valence-corrected chi connectivity index (χ3v) is 2.39. The zero-order chi connectivity index (χ0) is 8.55. The summed E-state index contributed by atoms with van der Waals surface area (Å²) in [4.78, 5) is 14.7. The van der Waals surface area contributed by atoms with E-state index in [9.17, 15) is 4.79 Å². The maximum atomic E-state index is 10.7. The molecule has 2 aromatic rings. The fourth-order valence-electron chi connectivity index (χ4n) is 1.06. The van der Waals surface area contributed by atoms with Crippen molar-refractivity contribution in [2.75, 3.05) is 0 Å². The van der Waals surface area contributed by atoms with E-state index in [1.807, 2.05) is 6.07 Å². The lowest BCUT2D eigenvalue weighted by molar-refractivity contribution is 0.0699. The van der Waals surface area contributed by atoms with E-state index in [1.54, 1.807) is 17.6 Å². The quantitative estimate of drug-likeness (QED) is 0.848. The molecule has 0 unspecified atom stereocenters. The summed E-state index contributed by atoms with van der Waals surface area (Å²) >= 11 is 1.44. The van der Waals surface area contributed by atoms with Crippen LogP contribution < -0.4 is 0 Å². The van der Waals surface area contributed by atoms with Crippen LogP contribution in [0.4, 0.5) is 0 Å². The van der Waals surface area contributed by atoms with Crippen molar-refractivity contribution < 1.29 is 9.90 Å². The summed E-state index contributed by atoms with van der Waals surface area (Å²) in [5.41, 5.74) is 2.50. The second-order valence-corrected chi connectivity index (χ2v) is 3.20. The second-order valence-electron chi connectivity index (χ2n) is 2.31. The number of halogens is 2. The van der Waals surface area contributed by atoms with Gasteiger partial charge in [-0.2, -0.15) is 0 Å². The molecular weight excluding hydrogens is 245 g/mol. The topological polar surface area (TPSA) is 50.2 Å². The fraction of sp³-hybridized carbons (Fsp3) is 0. The number of thiazole rings is 1. The maximum Gasteiger partial charge on any atom is 0.337 e. The Hall–Kier alpha value is -0.840. The van der Waals surface area contributed by atoms with Crippen molar-refractivity contribution in [1.29, 1.82) is 0 Å². The van der Waals surface area contributed by atoms with E-state index in [2.05, 4.69) is 4.98 Å². The van der Waals surface area contributed by atoms with Crippen molar-refractivity contribution in [3.63, 3.8) is 0 Å². The third-order valence-electron chi connectivity index (χ3n) is 1.59. The lowest BCUT2D eigenvalue weighted by atomic mass is 10.2. The van der Waals surface area contributed by atoms with Crippen LogP contribution in [0.1, 0.15) is 10.4 Å². The van der Waals surface area contributed by atoms with Gasteiger partial charge >= 0.3 is 5.97 Å². The Labute approximate surface area is 96.6 Å². The number of aromatic nitrogens is 1. The van der Waals surface area contributed by atoms with Gasteiger partial charge in [-0.15, -0.1) is 36.2 Å². The molecule has 14 heavy (non-hydrogen) atoms. The molecule has 0 saturated heterocycles. The number of aromatic carboxylic acids is 1. The first-order chi connectivity index (χ1) is 5.79. The minimum absolute atomic E-state index is 0. The van der Waals surface area contributed by atoms with Crippen molar-refractivity contribution in [2.24, 2.45) is 0 Å². The highest BCUT2D eigenvalue weighted by Gasteiger charge is 2.08. The molecule has 0 bridgehead atoms. The smallest absolute Gasteiger partial charge is 0.337 e. The summed E-state index contributed by atoms with van der Waals surface area (Å²) < 4.78 is 0.912. The van der Waals surface area contributed by atoms with Crippen LogP contribution in [0, 0.1) is 0 Å². The van der Waals surface area contributed by atoms with Crippen LogP contribution in [0.3, 0.4) is 0 Å². The van der Waals surface area contributed by atoms with Crippen molar-refractivity contribution >= 4 is 52.3 Å². The molecule has 1 aromatic heterocycles. The highest BCUT2D eigenvalue weighted by atomic mass is 35.5. The van der Waals surface area contributed by atoms with Gasteiger partial charge in [-0.1, -0.05) is 6.07 Å². The highest BCUT2D eigenvalue weighted by Crippen LogP contribution is 2.20. The first-order valence-electron chi connectivity index (χ1n) is 3.34. The molecule has 0 aliphatic rings. The molecule has 0 atom stereocenters. The average Bonchev–Trinajstić information content (AvgIpc) is 2.49. The number of carboxylic acid groups (broad SMARTS) is 1. The molecule has 2 rings (SSSR count). The number of para-hydroxylation sites is 1. The number of benzene rings is 1. The summed E-state index contributed by atoms with van der Waals surface area (Å²) in [6, 6.07) is 5.15. The Morgan fingerprint density at radius 2 is 2.07 bits per heavy atom. The molecule has 1 heterocycles. The number of hydrogen-bond acceptors (Lipinski definition) is 3. The van der Waals surface area contributed by atoms with E-state index in [-0.39, 0.29) is 30.4 Å². The van der Waals surface area contributed by atoms with Gasteiger partial charge in [-0.3, -0.25) is 0 Å². The van der Waals surface area contributed by atoms with Gasteiger partial charge in [-0.05, 0) is 12.1 Å². The van der Waals surface area contributed by atoms with Crippen molar-refractivity contribution in [1.82, 2.24) is 4.98 Å². The molecule has 6 heteroatoms. The first-order valence-corrected chi connectivity index (χ1v) is 4.22. The number of nitrogens with zero attached hydrogens (tertiary/aromatic N) is 1. The van der Waals surface area contributed by atoms with E-state index >= 15 is 0 Å². The second kappa shape index (κ2) is 5.14. The van der Waals surface area contributed by atoms with Gasteiger partial charge in [-0.25, -0.2) is 9.78 Å². The zero-order valence-electron chi connectivity index (χ0n) is 6.84. The van der Waals surface area contributed by atoms with Crippen molar-refractivity contribution in [3.05, 3.63) is 29.3 Å². The molecule has 1 aromatic carbocycles. The summed E-state index contributed by atoms with van der Waals surface area (Å²) in [6.07, 6.45) is 0. The Balaban J connectivity index is 0.000000845. The molecule has 0 saturated carbocycles. The molecule has 76 valence electrons. The van der Waals surface area contributed by atoms with E-state index in [4.69, 9.17) is 5.11 Å². The van der Waals surface area contributed by atoms with Gasteiger partial charge in [0.2, 0.25) is 0 Å². The number of hydrogen-bond donors (Lipinski definition) is 1. The van der Waals surface area contributed by atoms with Gasteiger partial charge in [0.15, 0.2) is 0 Å². The monoisotopic (exact) mass is 251 g/mol. The number of rotatable bonds is 1. The van der Waals surface area contributed by atoms with Crippen LogP contribution in [-0.4, -0.2) is 16.1 Å². The van der Waals surface area contributed by atoms with E-state index in [1.165, 1.54) is 11.3 Å². The van der Waals surface area contributed by atoms with Crippen LogP contribution in [0.5, 0.6) is 0 Å². The number of carbonyl (C=O) groups is 1. The molecule has 0 radical (unpaired) electrons. The summed E-state index contributed by atoms with van der Waals surface area (Å²) in [6.45, 7) is 0. The Morgan fingerprint density at radius 3 is 2.71 bits per heavy atom. The lowest BCUT2D eigenvalue weighted by Crippen LogP contribution is -1.96. The van der Waals surface area contributed by atoms with E-state index in [0.29, 0.717) is 5.52 Å². The Bertz CT molecular complexity index is 444. The maximum absolute atomic E-state index is 10.7. The largest absolute Gasteiger partial charge is 0.478 e. The summed E-state index contributed by atoms with van der Waals surface area (Å²) in [5, 5.41) is 8.77. The van der Waals surface area contributed by atoms with Crippen molar-refractivity contribution in [3.8, 4) is 0 Å². The predicted octanol–water partition coefficient (Wildman–Crippen LogP) is 2.84. The minimum Gasteiger partial charge on any atom is -0.478 e. The van der Waals surface area contributed by atoms with Gasteiger partial charge in [0, 0.05) is 0 Å². The van der Waals surface area contributed by atoms with Crippen LogP contribution in [0.15, 0.2) is 23.7 Å². The Kier molecular flexibility index (Phi) is 4.83. The molecule has 0 aliphatic heterocycles. The van der Waals surface area contributed by atoms with Crippen LogP contribution in [0.2, 0.25) is 0 Å². The molecule has 0 fully saturated rings. The molecule has 1 N–H and O–H groups in total. The molecule has 0 amide bonds. The third kappa shape index (κ3) is 2.15. The van der Waals surface area contributed by atoms with Crippen molar-refractivity contribution in [2.45, 2.75) is 0 Å².